The van der Waals surface area contributed by atoms with Gasteiger partial charge < -0.3 is 9.73 Å². The van der Waals surface area contributed by atoms with Gasteiger partial charge in [0.2, 0.25) is 0 Å². The molecular weight excluding hydrogens is 268 g/mol. The van der Waals surface area contributed by atoms with Gasteiger partial charge in [-0.15, -0.1) is 11.3 Å². The molecule has 2 aromatic rings. The topological polar surface area (TPSA) is 28.4 Å². The second-order valence-corrected chi connectivity index (χ2v) is 6.56. The summed E-state index contributed by atoms with van der Waals surface area (Å²) in [7, 11) is 2.14. The number of hydrogen-bond acceptors (Lipinski definition) is 4. The van der Waals surface area contributed by atoms with E-state index < -0.39 is 0 Å². The number of likely N-dealkylation sites (N-methyl/N-ethyl adjacent to an activating group) is 1. The summed E-state index contributed by atoms with van der Waals surface area (Å²) in [5.41, 5.74) is 1.22. The van der Waals surface area contributed by atoms with Gasteiger partial charge in [-0.3, -0.25) is 4.90 Å². The molecule has 0 radical (unpaired) electrons. The summed E-state index contributed by atoms with van der Waals surface area (Å²) in [6.45, 7) is 7.10. The smallest absolute Gasteiger partial charge is 0.118 e. The van der Waals surface area contributed by atoms with Crippen LogP contribution in [0.4, 0.5) is 0 Å². The van der Waals surface area contributed by atoms with Crippen LogP contribution in [0.5, 0.6) is 0 Å². The second kappa shape index (κ2) is 7.62. The molecule has 0 fully saturated rings. The van der Waals surface area contributed by atoms with Gasteiger partial charge in [-0.05, 0) is 31.0 Å². The third-order valence-corrected chi connectivity index (χ3v) is 4.10. The lowest BCUT2D eigenvalue weighted by molar-refractivity contribution is 0.299. The van der Waals surface area contributed by atoms with Gasteiger partial charge in [0.15, 0.2) is 0 Å². The first-order chi connectivity index (χ1) is 9.63. The minimum Gasteiger partial charge on any atom is -0.468 e. The molecule has 0 aliphatic rings. The van der Waals surface area contributed by atoms with Crippen molar-refractivity contribution < 1.29 is 4.42 Å². The molecule has 0 amide bonds. The Bertz CT molecular complexity index is 490. The van der Waals surface area contributed by atoms with E-state index in [1.165, 1.54) is 10.4 Å². The largest absolute Gasteiger partial charge is 0.468 e. The van der Waals surface area contributed by atoms with Crippen molar-refractivity contribution in [2.24, 2.45) is 0 Å². The third-order valence-electron chi connectivity index (χ3n) is 3.17. The fourth-order valence-corrected chi connectivity index (χ4v) is 2.72. The fourth-order valence-electron chi connectivity index (χ4n) is 2.02. The summed E-state index contributed by atoms with van der Waals surface area (Å²) in [4.78, 5) is 3.75. The Morgan fingerprint density at radius 2 is 2.25 bits per heavy atom. The van der Waals surface area contributed by atoms with Gasteiger partial charge in [-0.25, -0.2) is 0 Å². The highest BCUT2D eigenvalue weighted by Gasteiger charge is 2.06. The zero-order chi connectivity index (χ0) is 14.4. The van der Waals surface area contributed by atoms with Gasteiger partial charge in [0.25, 0.3) is 0 Å². The SMILES string of the molecule is CC(C)NCc1coc(CN(C)CCc2cccs2)c1. The molecule has 0 aliphatic carbocycles. The summed E-state index contributed by atoms with van der Waals surface area (Å²) in [5, 5.41) is 5.53. The molecule has 2 rings (SSSR count). The van der Waals surface area contributed by atoms with Crippen molar-refractivity contribution >= 4 is 11.3 Å². The summed E-state index contributed by atoms with van der Waals surface area (Å²) in [6.07, 6.45) is 2.97. The van der Waals surface area contributed by atoms with Crippen molar-refractivity contribution in [2.75, 3.05) is 13.6 Å². The molecule has 0 unspecified atom stereocenters. The maximum atomic E-state index is 5.63. The molecule has 0 aromatic carbocycles. The van der Waals surface area contributed by atoms with Crippen molar-refractivity contribution in [3.05, 3.63) is 46.0 Å². The Kier molecular flexibility index (Phi) is 5.83. The van der Waals surface area contributed by atoms with Gasteiger partial charge in [-0.1, -0.05) is 19.9 Å². The number of furan rings is 1. The lowest BCUT2D eigenvalue weighted by Crippen LogP contribution is -2.21. The molecule has 0 atom stereocenters. The van der Waals surface area contributed by atoms with E-state index in [1.807, 2.05) is 17.6 Å². The molecule has 0 saturated heterocycles. The van der Waals surface area contributed by atoms with E-state index in [0.29, 0.717) is 6.04 Å². The van der Waals surface area contributed by atoms with E-state index >= 15 is 0 Å². The van der Waals surface area contributed by atoms with Crippen LogP contribution in [0, 0.1) is 0 Å². The number of hydrogen-bond donors (Lipinski definition) is 1. The van der Waals surface area contributed by atoms with Crippen molar-refractivity contribution in [3.63, 3.8) is 0 Å². The highest BCUT2D eigenvalue weighted by atomic mass is 32.1. The summed E-state index contributed by atoms with van der Waals surface area (Å²) >= 11 is 1.83. The van der Waals surface area contributed by atoms with E-state index in [1.54, 1.807) is 0 Å². The zero-order valence-electron chi connectivity index (χ0n) is 12.6. The zero-order valence-corrected chi connectivity index (χ0v) is 13.4. The normalized spacial score (nSPS) is 11.7. The van der Waals surface area contributed by atoms with Gasteiger partial charge in [0.1, 0.15) is 5.76 Å². The predicted octanol–water partition coefficient (Wildman–Crippen LogP) is 3.51. The standard InChI is InChI=1S/C16H24N2OS/c1-13(2)17-10-14-9-15(19-12-14)11-18(3)7-6-16-5-4-8-20-16/h4-5,8-9,12-13,17H,6-7,10-11H2,1-3H3. The van der Waals surface area contributed by atoms with Gasteiger partial charge >= 0.3 is 0 Å². The molecule has 0 spiro atoms. The highest BCUT2D eigenvalue weighted by molar-refractivity contribution is 7.09. The fraction of sp³-hybridized carbons (Fsp3) is 0.500. The number of thiophene rings is 1. The molecule has 2 heterocycles. The highest BCUT2D eigenvalue weighted by Crippen LogP contribution is 2.12. The molecule has 110 valence electrons. The first-order valence-corrected chi connectivity index (χ1v) is 8.02. The maximum absolute atomic E-state index is 5.63. The second-order valence-electron chi connectivity index (χ2n) is 5.52. The van der Waals surface area contributed by atoms with E-state index in [0.717, 1.165) is 31.8 Å². The molecule has 20 heavy (non-hydrogen) atoms. The average Bonchev–Trinajstić information content (AvgIpc) is 3.05. The number of nitrogens with one attached hydrogen (secondary N) is 1. The molecular formula is C16H24N2OS. The van der Waals surface area contributed by atoms with E-state index in [9.17, 15) is 0 Å². The van der Waals surface area contributed by atoms with Crippen LogP contribution in [-0.4, -0.2) is 24.5 Å². The molecule has 3 nitrogen and oxygen atoms in total. The van der Waals surface area contributed by atoms with Crippen LogP contribution in [0.2, 0.25) is 0 Å². The Morgan fingerprint density at radius 1 is 1.40 bits per heavy atom. The summed E-state index contributed by atoms with van der Waals surface area (Å²) in [6, 6.07) is 6.96. The van der Waals surface area contributed by atoms with E-state index in [2.05, 4.69) is 54.7 Å². The van der Waals surface area contributed by atoms with Crippen LogP contribution in [0.1, 0.15) is 30.0 Å². The van der Waals surface area contributed by atoms with Crippen LogP contribution < -0.4 is 5.32 Å². The quantitative estimate of drug-likeness (QED) is 0.807. The van der Waals surface area contributed by atoms with Crippen molar-refractivity contribution in [1.82, 2.24) is 10.2 Å². The molecule has 1 N–H and O–H groups in total. The molecule has 2 aromatic heterocycles. The number of rotatable bonds is 8. The minimum atomic E-state index is 0.502. The molecule has 0 saturated carbocycles. The van der Waals surface area contributed by atoms with Crippen molar-refractivity contribution in [1.29, 1.82) is 0 Å². The van der Waals surface area contributed by atoms with Crippen LogP contribution in [-0.2, 0) is 19.5 Å². The van der Waals surface area contributed by atoms with Crippen LogP contribution >= 0.6 is 11.3 Å². The van der Waals surface area contributed by atoms with Gasteiger partial charge in [-0.2, -0.15) is 0 Å². The van der Waals surface area contributed by atoms with Crippen LogP contribution in [0.15, 0.2) is 34.3 Å². The maximum Gasteiger partial charge on any atom is 0.118 e. The predicted molar refractivity (Wildman–Crippen MR) is 85.0 cm³/mol. The lowest BCUT2D eigenvalue weighted by atomic mass is 10.2. The Balaban J connectivity index is 1.74. The Labute approximate surface area is 125 Å². The monoisotopic (exact) mass is 292 g/mol. The summed E-state index contributed by atoms with van der Waals surface area (Å²) in [5.74, 6) is 1.04. The first kappa shape index (κ1) is 15.3. The first-order valence-electron chi connectivity index (χ1n) is 7.14. The van der Waals surface area contributed by atoms with Gasteiger partial charge in [0.05, 0.1) is 12.8 Å². The van der Waals surface area contributed by atoms with Gasteiger partial charge in [0, 0.05) is 29.6 Å². The van der Waals surface area contributed by atoms with Crippen molar-refractivity contribution in [2.45, 2.75) is 39.4 Å². The molecule has 4 heteroatoms. The average molecular weight is 292 g/mol. The molecule has 0 bridgehead atoms. The molecule has 0 aliphatic heterocycles. The Hall–Kier alpha value is -1.10. The lowest BCUT2D eigenvalue weighted by Gasteiger charge is -2.14. The van der Waals surface area contributed by atoms with Crippen LogP contribution in [0.25, 0.3) is 0 Å². The van der Waals surface area contributed by atoms with E-state index in [-0.39, 0.29) is 0 Å². The van der Waals surface area contributed by atoms with Crippen molar-refractivity contribution in [3.8, 4) is 0 Å². The number of nitrogens with zero attached hydrogens (tertiary/aromatic N) is 1. The summed E-state index contributed by atoms with van der Waals surface area (Å²) < 4.78 is 5.63. The minimum absolute atomic E-state index is 0.502. The third kappa shape index (κ3) is 5.12. The van der Waals surface area contributed by atoms with Crippen LogP contribution in [0.3, 0.4) is 0 Å². The van der Waals surface area contributed by atoms with E-state index in [4.69, 9.17) is 4.42 Å². The Morgan fingerprint density at radius 3 is 2.95 bits per heavy atom.